The van der Waals surface area contributed by atoms with E-state index in [2.05, 4.69) is 28.6 Å². The molecule has 0 aliphatic carbocycles. The summed E-state index contributed by atoms with van der Waals surface area (Å²) in [4.78, 5) is 43.0. The molecule has 2 rings (SSSR count). The Hall–Kier alpha value is -2.18. The van der Waals surface area contributed by atoms with Crippen LogP contribution >= 0.6 is 0 Å². The van der Waals surface area contributed by atoms with E-state index in [4.69, 9.17) is 0 Å². The summed E-state index contributed by atoms with van der Waals surface area (Å²) in [5.41, 5.74) is 0.0879. The maximum absolute atomic E-state index is 12.7. The predicted molar refractivity (Wildman–Crippen MR) is 105 cm³/mol. The van der Waals surface area contributed by atoms with Gasteiger partial charge in [-0.15, -0.1) is 0 Å². The van der Waals surface area contributed by atoms with E-state index in [1.54, 1.807) is 11.9 Å². The molecule has 0 aromatic rings. The van der Waals surface area contributed by atoms with E-state index < -0.39 is 10.8 Å². The Balaban J connectivity index is 1.97. The molecule has 27 heavy (non-hydrogen) atoms. The molecule has 0 saturated carbocycles. The number of carbonyl (C=O) groups is 3. The van der Waals surface area contributed by atoms with Gasteiger partial charge in [-0.1, -0.05) is 33.8 Å². The lowest BCUT2D eigenvalue weighted by atomic mass is 9.70. The second-order valence-corrected chi connectivity index (χ2v) is 8.43. The SMILES string of the molecule is CC/C=C1/CC2(CCN(C(=O)CNC(=O)C(C)(C)C)CC2)C(=O)NC1=NC. The van der Waals surface area contributed by atoms with Gasteiger partial charge in [0.1, 0.15) is 5.84 Å². The van der Waals surface area contributed by atoms with E-state index >= 15 is 0 Å². The highest BCUT2D eigenvalue weighted by Crippen LogP contribution is 2.40. The number of aliphatic imine (C=N–C) groups is 1. The number of nitrogens with one attached hydrogen (secondary N) is 2. The van der Waals surface area contributed by atoms with Crippen molar-refractivity contribution in [2.45, 2.75) is 53.4 Å². The minimum absolute atomic E-state index is 0.00290. The van der Waals surface area contributed by atoms with Gasteiger partial charge < -0.3 is 15.5 Å². The summed E-state index contributed by atoms with van der Waals surface area (Å²) in [6.07, 6.45) is 4.91. The molecule has 2 saturated heterocycles. The summed E-state index contributed by atoms with van der Waals surface area (Å²) in [6, 6.07) is 0. The third kappa shape index (κ3) is 4.76. The average Bonchev–Trinajstić information content (AvgIpc) is 2.62. The first-order valence-corrected chi connectivity index (χ1v) is 9.66. The number of rotatable bonds is 3. The molecule has 0 atom stereocenters. The monoisotopic (exact) mass is 376 g/mol. The molecule has 2 aliphatic heterocycles. The summed E-state index contributed by atoms with van der Waals surface area (Å²) in [6.45, 7) is 8.56. The largest absolute Gasteiger partial charge is 0.347 e. The third-order valence-electron chi connectivity index (χ3n) is 5.38. The molecule has 150 valence electrons. The zero-order valence-corrected chi connectivity index (χ0v) is 17.1. The lowest BCUT2D eigenvalue weighted by Gasteiger charge is -2.43. The summed E-state index contributed by atoms with van der Waals surface area (Å²) in [7, 11) is 1.68. The summed E-state index contributed by atoms with van der Waals surface area (Å²) in [5, 5.41) is 5.65. The van der Waals surface area contributed by atoms with Gasteiger partial charge in [-0.2, -0.15) is 0 Å². The smallest absolute Gasteiger partial charge is 0.241 e. The normalized spacial score (nSPS) is 22.9. The van der Waals surface area contributed by atoms with Crippen molar-refractivity contribution in [1.29, 1.82) is 0 Å². The van der Waals surface area contributed by atoms with Gasteiger partial charge in [0, 0.05) is 25.6 Å². The Kier molecular flexibility index (Phi) is 6.44. The first kappa shape index (κ1) is 21.1. The molecule has 0 aromatic heterocycles. The van der Waals surface area contributed by atoms with E-state index in [0.717, 1.165) is 12.0 Å². The molecule has 1 spiro atoms. The number of carbonyl (C=O) groups excluding carboxylic acids is 3. The number of nitrogens with zero attached hydrogens (tertiary/aromatic N) is 2. The van der Waals surface area contributed by atoms with Crippen LogP contribution in [0.5, 0.6) is 0 Å². The van der Waals surface area contributed by atoms with Gasteiger partial charge in [-0.3, -0.25) is 19.4 Å². The van der Waals surface area contributed by atoms with Crippen LogP contribution < -0.4 is 10.6 Å². The van der Waals surface area contributed by atoms with Crippen LogP contribution in [0.3, 0.4) is 0 Å². The van der Waals surface area contributed by atoms with E-state index in [0.29, 0.717) is 38.2 Å². The van der Waals surface area contributed by atoms with E-state index in [1.807, 2.05) is 20.8 Å². The van der Waals surface area contributed by atoms with Crippen molar-refractivity contribution >= 4 is 23.6 Å². The predicted octanol–water partition coefficient (Wildman–Crippen LogP) is 1.64. The summed E-state index contributed by atoms with van der Waals surface area (Å²) >= 11 is 0. The van der Waals surface area contributed by atoms with Gasteiger partial charge in [0.25, 0.3) is 0 Å². The van der Waals surface area contributed by atoms with Crippen molar-refractivity contribution in [3.63, 3.8) is 0 Å². The van der Waals surface area contributed by atoms with Gasteiger partial charge in [0.2, 0.25) is 17.7 Å². The number of piperidine rings is 2. The molecule has 2 fully saturated rings. The van der Waals surface area contributed by atoms with Gasteiger partial charge in [-0.25, -0.2) is 0 Å². The minimum Gasteiger partial charge on any atom is -0.347 e. The molecule has 0 aromatic carbocycles. The summed E-state index contributed by atoms with van der Waals surface area (Å²) in [5.74, 6) is 0.427. The molecule has 0 radical (unpaired) electrons. The number of amides is 3. The van der Waals surface area contributed by atoms with Crippen LogP contribution in [0.25, 0.3) is 0 Å². The second-order valence-electron chi connectivity index (χ2n) is 8.43. The fraction of sp³-hybridized carbons (Fsp3) is 0.700. The Morgan fingerprint density at radius 2 is 1.93 bits per heavy atom. The van der Waals surface area contributed by atoms with Crippen molar-refractivity contribution in [3.8, 4) is 0 Å². The highest BCUT2D eigenvalue weighted by atomic mass is 16.2. The van der Waals surface area contributed by atoms with Crippen LogP contribution in [0, 0.1) is 10.8 Å². The van der Waals surface area contributed by atoms with Gasteiger partial charge >= 0.3 is 0 Å². The standard InChI is InChI=1S/C20H32N4O3/c1-6-7-14-12-20(18(27)23-16(14)21-5)8-10-24(11-9-20)15(25)13-22-17(26)19(2,3)4/h7H,6,8-13H2,1-5H3,(H,22,26)(H,21,23,27)/b14-7-. The molecular weight excluding hydrogens is 344 g/mol. The van der Waals surface area contributed by atoms with Crippen molar-refractivity contribution in [1.82, 2.24) is 15.5 Å². The molecule has 2 N–H and O–H groups in total. The lowest BCUT2D eigenvalue weighted by Crippen LogP contribution is -2.56. The zero-order valence-electron chi connectivity index (χ0n) is 17.1. The van der Waals surface area contributed by atoms with Crippen molar-refractivity contribution in [3.05, 3.63) is 11.6 Å². The number of hydrogen-bond acceptors (Lipinski definition) is 4. The van der Waals surface area contributed by atoms with Gasteiger partial charge in [0.05, 0.1) is 12.0 Å². The fourth-order valence-corrected chi connectivity index (χ4v) is 3.58. The topological polar surface area (TPSA) is 90.9 Å². The van der Waals surface area contributed by atoms with E-state index in [9.17, 15) is 14.4 Å². The number of amidine groups is 1. The quantitative estimate of drug-likeness (QED) is 0.784. The molecular formula is C20H32N4O3. The molecule has 0 bridgehead atoms. The molecule has 2 heterocycles. The fourth-order valence-electron chi connectivity index (χ4n) is 3.58. The van der Waals surface area contributed by atoms with Gasteiger partial charge in [-0.05, 0) is 31.3 Å². The molecule has 0 unspecified atom stereocenters. The molecule has 3 amide bonds. The van der Waals surface area contributed by atoms with Crippen LogP contribution in [0.15, 0.2) is 16.6 Å². The minimum atomic E-state index is -0.521. The average molecular weight is 377 g/mol. The van der Waals surface area contributed by atoms with Gasteiger partial charge in [0.15, 0.2) is 0 Å². The molecule has 2 aliphatic rings. The number of likely N-dealkylation sites (tertiary alicyclic amines) is 1. The Bertz CT molecular complexity index is 665. The molecule has 7 nitrogen and oxygen atoms in total. The van der Waals surface area contributed by atoms with Crippen molar-refractivity contribution < 1.29 is 14.4 Å². The maximum Gasteiger partial charge on any atom is 0.241 e. The Morgan fingerprint density at radius 1 is 1.30 bits per heavy atom. The van der Waals surface area contributed by atoms with E-state index in [-0.39, 0.29) is 24.3 Å². The van der Waals surface area contributed by atoms with Crippen molar-refractivity contribution in [2.24, 2.45) is 15.8 Å². The maximum atomic E-state index is 12.7. The number of allylic oxidation sites excluding steroid dienone is 1. The van der Waals surface area contributed by atoms with E-state index in [1.165, 1.54) is 0 Å². The van der Waals surface area contributed by atoms with Crippen LogP contribution in [0.2, 0.25) is 0 Å². The highest BCUT2D eigenvalue weighted by molar-refractivity contribution is 6.12. The zero-order chi connectivity index (χ0) is 20.2. The molecule has 7 heteroatoms. The second kappa shape index (κ2) is 8.23. The Morgan fingerprint density at radius 3 is 2.44 bits per heavy atom. The Labute approximate surface area is 161 Å². The van der Waals surface area contributed by atoms with Crippen LogP contribution in [-0.2, 0) is 14.4 Å². The van der Waals surface area contributed by atoms with Crippen molar-refractivity contribution in [2.75, 3.05) is 26.7 Å². The van der Waals surface area contributed by atoms with Crippen LogP contribution in [0.1, 0.15) is 53.4 Å². The first-order valence-electron chi connectivity index (χ1n) is 9.66. The van der Waals surface area contributed by atoms with Crippen LogP contribution in [0.4, 0.5) is 0 Å². The lowest BCUT2D eigenvalue weighted by molar-refractivity contribution is -0.140. The van der Waals surface area contributed by atoms with Crippen LogP contribution in [-0.4, -0.2) is 55.1 Å². The first-order chi connectivity index (χ1) is 12.6. The third-order valence-corrected chi connectivity index (χ3v) is 5.38. The summed E-state index contributed by atoms with van der Waals surface area (Å²) < 4.78 is 0. The number of hydrogen-bond donors (Lipinski definition) is 2. The highest BCUT2D eigenvalue weighted by Gasteiger charge is 2.46.